The van der Waals surface area contributed by atoms with Crippen LogP contribution < -0.4 is 15.8 Å². The van der Waals surface area contributed by atoms with Crippen LogP contribution in [-0.4, -0.2) is 17.3 Å². The lowest BCUT2D eigenvalue weighted by Crippen LogP contribution is -2.30. The summed E-state index contributed by atoms with van der Waals surface area (Å²) in [7, 11) is 0. The Kier molecular flexibility index (Phi) is 5.35. The summed E-state index contributed by atoms with van der Waals surface area (Å²) >= 11 is 7.61. The Morgan fingerprint density at radius 3 is 2.55 bits per heavy atom. The maximum absolute atomic E-state index is 12.1. The Bertz CT molecular complexity index is 537. The van der Waals surface area contributed by atoms with Crippen LogP contribution in [0.4, 0.5) is 18.9 Å². The van der Waals surface area contributed by atoms with Crippen molar-refractivity contribution in [1.82, 2.24) is 0 Å². The third kappa shape index (κ3) is 4.97. The van der Waals surface area contributed by atoms with Crippen molar-refractivity contribution in [1.29, 1.82) is 0 Å². The first-order chi connectivity index (χ1) is 9.10. The van der Waals surface area contributed by atoms with E-state index in [0.29, 0.717) is 5.69 Å². The van der Waals surface area contributed by atoms with E-state index in [1.54, 1.807) is 0 Å². The van der Waals surface area contributed by atoms with Gasteiger partial charge in [0.2, 0.25) is 5.91 Å². The minimum atomic E-state index is -4.78. The minimum Gasteiger partial charge on any atom is -0.405 e. The highest BCUT2D eigenvalue weighted by Gasteiger charge is 2.32. The van der Waals surface area contributed by atoms with Crippen molar-refractivity contribution in [3.05, 3.63) is 22.7 Å². The molecule has 110 valence electrons. The number of amides is 1. The Labute approximate surface area is 126 Å². The molecule has 3 N–H and O–H groups in total. The van der Waals surface area contributed by atoms with Crippen LogP contribution >= 0.6 is 28.1 Å². The summed E-state index contributed by atoms with van der Waals surface area (Å²) < 4.78 is 40.1. The molecule has 1 amide bonds. The molecule has 0 bridgehead atoms. The standard InChI is InChI=1S/C11H10BrF3N2O2S/c1-5(9(16)20)10(18)17-6-2-3-8(7(12)4-6)19-11(13,14)15/h2-5H,1H3,(H2,16,20)(H,17,18). The monoisotopic (exact) mass is 370 g/mol. The van der Waals surface area contributed by atoms with Gasteiger partial charge in [0.15, 0.2) is 0 Å². The van der Waals surface area contributed by atoms with Crippen molar-refractivity contribution in [2.45, 2.75) is 13.3 Å². The number of anilines is 1. The lowest BCUT2D eigenvalue weighted by Gasteiger charge is -2.13. The van der Waals surface area contributed by atoms with Gasteiger partial charge in [-0.2, -0.15) is 0 Å². The van der Waals surface area contributed by atoms with E-state index < -0.39 is 23.9 Å². The lowest BCUT2D eigenvalue weighted by molar-refractivity contribution is -0.274. The Hall–Kier alpha value is -1.35. The van der Waals surface area contributed by atoms with E-state index >= 15 is 0 Å². The first-order valence-corrected chi connectivity index (χ1v) is 6.46. The third-order valence-corrected chi connectivity index (χ3v) is 3.22. The summed E-state index contributed by atoms with van der Waals surface area (Å²) in [5, 5.41) is 2.48. The molecule has 0 aliphatic rings. The summed E-state index contributed by atoms with van der Waals surface area (Å²) in [6.07, 6.45) is -4.78. The highest BCUT2D eigenvalue weighted by atomic mass is 79.9. The van der Waals surface area contributed by atoms with Gasteiger partial charge in [0, 0.05) is 5.69 Å². The average Bonchev–Trinajstić information content (AvgIpc) is 2.30. The van der Waals surface area contributed by atoms with E-state index in [0.717, 1.165) is 6.07 Å². The van der Waals surface area contributed by atoms with Crippen molar-refractivity contribution in [3.8, 4) is 5.75 Å². The molecule has 1 unspecified atom stereocenters. The van der Waals surface area contributed by atoms with Crippen LogP contribution in [0.25, 0.3) is 0 Å². The molecule has 0 aromatic heterocycles. The zero-order valence-corrected chi connectivity index (χ0v) is 12.5. The molecule has 1 aromatic carbocycles. The minimum absolute atomic E-state index is 0.0265. The van der Waals surface area contributed by atoms with Gasteiger partial charge in [0.25, 0.3) is 0 Å². The molecule has 0 radical (unpaired) electrons. The van der Waals surface area contributed by atoms with Crippen molar-refractivity contribution in [3.63, 3.8) is 0 Å². The van der Waals surface area contributed by atoms with Crippen molar-refractivity contribution in [2.24, 2.45) is 11.7 Å². The normalized spacial score (nSPS) is 12.7. The molecule has 20 heavy (non-hydrogen) atoms. The second-order valence-corrected chi connectivity index (χ2v) is 5.13. The number of benzene rings is 1. The molecular weight excluding hydrogens is 361 g/mol. The number of carbonyl (C=O) groups excluding carboxylic acids is 1. The molecule has 0 aliphatic carbocycles. The fourth-order valence-electron chi connectivity index (χ4n) is 1.17. The second-order valence-electron chi connectivity index (χ2n) is 3.81. The van der Waals surface area contributed by atoms with Gasteiger partial charge in [-0.3, -0.25) is 4.79 Å². The fraction of sp³-hybridized carbons (Fsp3) is 0.273. The van der Waals surface area contributed by atoms with E-state index in [9.17, 15) is 18.0 Å². The molecule has 0 heterocycles. The number of rotatable bonds is 4. The SMILES string of the molecule is CC(C(=O)Nc1ccc(OC(F)(F)F)c(Br)c1)C(N)=S. The topological polar surface area (TPSA) is 64.3 Å². The molecule has 1 rings (SSSR count). The van der Waals surface area contributed by atoms with Crippen molar-refractivity contribution >= 4 is 44.7 Å². The number of halogens is 4. The molecule has 1 atom stereocenters. The molecule has 0 saturated heterocycles. The first kappa shape index (κ1) is 16.7. The molecule has 0 fully saturated rings. The van der Waals surface area contributed by atoms with Gasteiger partial charge in [-0.1, -0.05) is 12.2 Å². The Balaban J connectivity index is 2.83. The Morgan fingerprint density at radius 1 is 1.50 bits per heavy atom. The number of hydrogen-bond acceptors (Lipinski definition) is 3. The number of nitrogens with two attached hydrogens (primary N) is 1. The first-order valence-electron chi connectivity index (χ1n) is 5.25. The summed E-state index contributed by atoms with van der Waals surface area (Å²) in [6, 6.07) is 3.64. The van der Waals surface area contributed by atoms with Gasteiger partial charge < -0.3 is 15.8 Å². The van der Waals surface area contributed by atoms with E-state index in [1.165, 1.54) is 19.1 Å². The molecule has 9 heteroatoms. The summed E-state index contributed by atoms with van der Waals surface area (Å²) in [4.78, 5) is 11.7. The van der Waals surface area contributed by atoms with Crippen LogP contribution in [0.5, 0.6) is 5.75 Å². The largest absolute Gasteiger partial charge is 0.573 e. The summed E-state index contributed by atoms with van der Waals surface area (Å²) in [5.74, 6) is -1.54. The second kappa shape index (κ2) is 6.40. The quantitative estimate of drug-likeness (QED) is 0.798. The van der Waals surface area contributed by atoms with E-state index in [4.69, 9.17) is 5.73 Å². The van der Waals surface area contributed by atoms with Gasteiger partial charge in [-0.15, -0.1) is 13.2 Å². The van der Waals surface area contributed by atoms with Gasteiger partial charge in [0.1, 0.15) is 5.75 Å². The number of thiocarbonyl (C=S) groups is 1. The van der Waals surface area contributed by atoms with Crippen LogP contribution in [0.1, 0.15) is 6.92 Å². The van der Waals surface area contributed by atoms with Crippen LogP contribution in [0.15, 0.2) is 22.7 Å². The maximum atomic E-state index is 12.1. The molecular formula is C11H10BrF3N2O2S. The predicted molar refractivity (Wildman–Crippen MR) is 75.4 cm³/mol. The molecule has 0 saturated carbocycles. The van der Waals surface area contributed by atoms with Crippen LogP contribution in [0.3, 0.4) is 0 Å². The number of carbonyl (C=O) groups is 1. The van der Waals surface area contributed by atoms with E-state index in [2.05, 4.69) is 38.2 Å². The van der Waals surface area contributed by atoms with Crippen LogP contribution in [0, 0.1) is 5.92 Å². The summed E-state index contributed by atoms with van der Waals surface area (Å²) in [5.41, 5.74) is 5.62. The Morgan fingerprint density at radius 2 is 2.10 bits per heavy atom. The molecule has 4 nitrogen and oxygen atoms in total. The van der Waals surface area contributed by atoms with Gasteiger partial charge in [0.05, 0.1) is 15.4 Å². The van der Waals surface area contributed by atoms with Crippen molar-refractivity contribution < 1.29 is 22.7 Å². The number of nitrogens with one attached hydrogen (secondary N) is 1. The third-order valence-electron chi connectivity index (χ3n) is 2.25. The smallest absolute Gasteiger partial charge is 0.405 e. The average molecular weight is 371 g/mol. The summed E-state index contributed by atoms with van der Waals surface area (Å²) in [6.45, 7) is 1.52. The highest BCUT2D eigenvalue weighted by molar-refractivity contribution is 9.10. The lowest BCUT2D eigenvalue weighted by atomic mass is 10.1. The zero-order valence-electron chi connectivity index (χ0n) is 10.1. The number of hydrogen-bond donors (Lipinski definition) is 2. The van der Waals surface area contributed by atoms with Crippen LogP contribution in [-0.2, 0) is 4.79 Å². The highest BCUT2D eigenvalue weighted by Crippen LogP contribution is 2.32. The fourth-order valence-corrected chi connectivity index (χ4v) is 1.73. The molecule has 0 spiro atoms. The predicted octanol–water partition coefficient (Wildman–Crippen LogP) is 3.21. The zero-order chi connectivity index (χ0) is 15.5. The molecule has 0 aliphatic heterocycles. The van der Waals surface area contributed by atoms with Gasteiger partial charge >= 0.3 is 6.36 Å². The van der Waals surface area contributed by atoms with E-state index in [-0.39, 0.29) is 9.46 Å². The molecule has 1 aromatic rings. The van der Waals surface area contributed by atoms with Gasteiger partial charge in [-0.05, 0) is 41.1 Å². The maximum Gasteiger partial charge on any atom is 0.573 e. The van der Waals surface area contributed by atoms with Crippen LogP contribution in [0.2, 0.25) is 0 Å². The number of ether oxygens (including phenoxy) is 1. The number of alkyl halides is 3. The van der Waals surface area contributed by atoms with Gasteiger partial charge in [-0.25, -0.2) is 0 Å². The van der Waals surface area contributed by atoms with E-state index in [1.807, 2.05) is 0 Å². The van der Waals surface area contributed by atoms with Crippen molar-refractivity contribution in [2.75, 3.05) is 5.32 Å².